The van der Waals surface area contributed by atoms with Gasteiger partial charge in [0.2, 0.25) is 0 Å². The number of nitrogens with zero attached hydrogens (tertiary/aromatic N) is 1. The molecule has 206 valence electrons. The number of carbonyl (C=O) groups excluding carboxylic acids is 2. The number of allylic oxidation sites excluding steroid dienone is 9. The molecule has 0 aromatic heterocycles. The van der Waals surface area contributed by atoms with Crippen molar-refractivity contribution in [3.63, 3.8) is 0 Å². The normalized spacial score (nSPS) is 42.2. The first-order valence-electron chi connectivity index (χ1n) is 13.7. The maximum atomic E-state index is 17.6. The summed E-state index contributed by atoms with van der Waals surface area (Å²) in [6, 6.07) is 0. The van der Waals surface area contributed by atoms with Crippen LogP contribution in [0.15, 0.2) is 73.0 Å². The summed E-state index contributed by atoms with van der Waals surface area (Å²) in [5.74, 6) is -1.10. The molecule has 0 bridgehead atoms. The third-order valence-corrected chi connectivity index (χ3v) is 10.7. The predicted molar refractivity (Wildman–Crippen MR) is 148 cm³/mol. The maximum Gasteiger partial charge on any atom is 0.178 e. The number of likely N-dealkylation sites (N-methyl/N-ethyl adjacent to an activating group) is 1. The molecule has 4 aliphatic rings. The highest BCUT2D eigenvalue weighted by atomic mass is 19.1. The largest absolute Gasteiger partial charge is 0.390 e. The predicted octanol–water partition coefficient (Wildman–Crippen LogP) is 4.89. The summed E-state index contributed by atoms with van der Waals surface area (Å²) in [5.41, 5.74) is -3.17. The lowest BCUT2D eigenvalue weighted by Crippen LogP contribution is -2.69. The lowest BCUT2D eigenvalue weighted by molar-refractivity contribution is -0.211. The van der Waals surface area contributed by atoms with Gasteiger partial charge in [0, 0.05) is 30.6 Å². The van der Waals surface area contributed by atoms with E-state index in [0.717, 1.165) is 11.3 Å². The molecule has 0 amide bonds. The topological polar surface area (TPSA) is 77.8 Å². The zero-order valence-corrected chi connectivity index (χ0v) is 23.1. The molecule has 5 nitrogen and oxygen atoms in total. The molecule has 4 aliphatic carbocycles. The number of hydrogen-bond acceptors (Lipinski definition) is 5. The first-order valence-corrected chi connectivity index (χ1v) is 13.7. The van der Waals surface area contributed by atoms with E-state index in [-0.39, 0.29) is 29.8 Å². The number of ketones is 2. The highest BCUT2D eigenvalue weighted by Crippen LogP contribution is 2.72. The van der Waals surface area contributed by atoms with Crippen LogP contribution >= 0.6 is 0 Å². The summed E-state index contributed by atoms with van der Waals surface area (Å²) in [6.45, 7) is 13.1. The van der Waals surface area contributed by atoms with Crippen molar-refractivity contribution in [2.75, 3.05) is 20.2 Å². The van der Waals surface area contributed by atoms with E-state index in [1.165, 1.54) is 6.08 Å². The molecule has 0 saturated heterocycles. The van der Waals surface area contributed by atoms with Crippen molar-refractivity contribution in [1.82, 2.24) is 4.90 Å². The fourth-order valence-corrected chi connectivity index (χ4v) is 8.77. The van der Waals surface area contributed by atoms with Crippen molar-refractivity contribution in [3.05, 3.63) is 73.0 Å². The molecule has 6 heteroatoms. The van der Waals surface area contributed by atoms with Gasteiger partial charge in [-0.2, -0.15) is 0 Å². The fourth-order valence-electron chi connectivity index (χ4n) is 8.77. The number of alkyl halides is 1. The lowest BCUT2D eigenvalue weighted by atomic mass is 9.42. The van der Waals surface area contributed by atoms with Crippen LogP contribution in [0, 0.1) is 34.0 Å². The van der Waals surface area contributed by atoms with E-state index in [2.05, 4.69) is 13.2 Å². The van der Waals surface area contributed by atoms with Crippen LogP contribution in [0.3, 0.4) is 0 Å². The van der Waals surface area contributed by atoms with Crippen LogP contribution in [0.4, 0.5) is 4.39 Å². The summed E-state index contributed by atoms with van der Waals surface area (Å²) in [7, 11) is 1.90. The SMILES string of the molecule is C=C/C=C\C(=C/C=C)N(C)C[C@]1(C(=O)CO)CCC2[C@@H]3C[C@H](C)C4=CC(=O)C=C[C@]4(C)[C@@]3(F)[C@@H](O)C[C@@]21C. The Morgan fingerprint density at radius 2 is 1.97 bits per heavy atom. The second-order valence-electron chi connectivity index (χ2n) is 12.3. The Morgan fingerprint density at radius 1 is 1.26 bits per heavy atom. The third-order valence-electron chi connectivity index (χ3n) is 10.7. The lowest BCUT2D eigenvalue weighted by Gasteiger charge is -2.64. The molecular formula is C32H42FNO4. The van der Waals surface area contributed by atoms with E-state index in [4.69, 9.17) is 0 Å². The third kappa shape index (κ3) is 3.78. The average molecular weight is 524 g/mol. The van der Waals surface area contributed by atoms with Crippen LogP contribution in [0.2, 0.25) is 0 Å². The van der Waals surface area contributed by atoms with Crippen molar-refractivity contribution in [2.45, 2.75) is 58.2 Å². The molecule has 0 heterocycles. The van der Waals surface area contributed by atoms with Crippen molar-refractivity contribution in [2.24, 2.45) is 34.0 Å². The summed E-state index contributed by atoms with van der Waals surface area (Å²) < 4.78 is 17.6. The number of aliphatic hydroxyl groups excluding tert-OH is 2. The molecule has 4 rings (SSSR count). The first-order chi connectivity index (χ1) is 17.9. The van der Waals surface area contributed by atoms with E-state index in [1.54, 1.807) is 24.3 Å². The van der Waals surface area contributed by atoms with E-state index in [1.807, 2.05) is 50.9 Å². The van der Waals surface area contributed by atoms with Crippen molar-refractivity contribution < 1.29 is 24.2 Å². The van der Waals surface area contributed by atoms with E-state index >= 15 is 4.39 Å². The zero-order valence-electron chi connectivity index (χ0n) is 23.1. The van der Waals surface area contributed by atoms with Crippen molar-refractivity contribution in [1.29, 1.82) is 0 Å². The molecule has 0 aliphatic heterocycles. The molecule has 3 saturated carbocycles. The summed E-state index contributed by atoms with van der Waals surface area (Å²) in [6.07, 6.45) is 13.9. The molecule has 0 radical (unpaired) electrons. The van der Waals surface area contributed by atoms with Gasteiger partial charge in [0.05, 0.1) is 11.5 Å². The first kappa shape index (κ1) is 28.4. The quantitative estimate of drug-likeness (QED) is 0.443. The van der Waals surface area contributed by atoms with Crippen LogP contribution in [0.5, 0.6) is 0 Å². The van der Waals surface area contributed by atoms with Crippen LogP contribution in [-0.2, 0) is 9.59 Å². The Kier molecular flexibility index (Phi) is 7.39. The molecule has 0 spiro atoms. The smallest absolute Gasteiger partial charge is 0.178 e. The maximum absolute atomic E-state index is 17.6. The van der Waals surface area contributed by atoms with Crippen molar-refractivity contribution in [3.8, 4) is 0 Å². The Morgan fingerprint density at radius 3 is 2.61 bits per heavy atom. The number of carbonyl (C=O) groups is 2. The van der Waals surface area contributed by atoms with Gasteiger partial charge in [-0.15, -0.1) is 0 Å². The van der Waals surface area contributed by atoms with Crippen LogP contribution in [0.1, 0.15) is 46.5 Å². The van der Waals surface area contributed by atoms with Gasteiger partial charge in [0.1, 0.15) is 6.61 Å². The van der Waals surface area contributed by atoms with E-state index in [9.17, 15) is 19.8 Å². The van der Waals surface area contributed by atoms with Crippen LogP contribution in [0.25, 0.3) is 0 Å². The number of rotatable bonds is 8. The number of Topliss-reactive ketones (excluding diaryl/α,β-unsaturated/α-hetero) is 1. The summed E-state index contributed by atoms with van der Waals surface area (Å²) in [5, 5.41) is 21.9. The van der Waals surface area contributed by atoms with Gasteiger partial charge < -0.3 is 15.1 Å². The standard InChI is InChI=1S/C32H42FNO4/c1-7-9-11-22(10-8-2)34(6)20-31(28(38)19-35)15-13-24-26-16-21(3)25-17-23(36)12-14-29(25,4)32(26,33)27(37)18-30(24,31)5/h7-12,14,17,21,24,26-27,35,37H,1-2,13,15-16,18-20H2,3-6H3/b11-9-,22-10+/t21-,24?,26-,27-,29-,30-,31-,32-/m0/s1. The Bertz CT molecular complexity index is 1150. The van der Waals surface area contributed by atoms with E-state index in [0.29, 0.717) is 25.8 Å². The molecule has 2 N–H and O–H groups in total. The molecule has 8 atom stereocenters. The molecule has 38 heavy (non-hydrogen) atoms. The summed E-state index contributed by atoms with van der Waals surface area (Å²) >= 11 is 0. The highest BCUT2D eigenvalue weighted by Gasteiger charge is 2.74. The molecule has 0 aromatic carbocycles. The van der Waals surface area contributed by atoms with E-state index < -0.39 is 40.5 Å². The van der Waals surface area contributed by atoms with Crippen LogP contribution < -0.4 is 0 Å². The minimum absolute atomic E-state index is 0.0327. The van der Waals surface area contributed by atoms with Gasteiger partial charge in [0.25, 0.3) is 0 Å². The van der Waals surface area contributed by atoms with Gasteiger partial charge in [-0.05, 0) is 74.2 Å². The Hall–Kier alpha value is -2.57. The second-order valence-corrected chi connectivity index (χ2v) is 12.3. The minimum Gasteiger partial charge on any atom is -0.390 e. The number of aliphatic hydroxyl groups is 2. The Labute approximate surface area is 226 Å². The highest BCUT2D eigenvalue weighted by molar-refractivity contribution is 6.01. The molecule has 0 aromatic rings. The molecule has 1 unspecified atom stereocenters. The fraction of sp³-hybridized carbons (Fsp3) is 0.562. The summed E-state index contributed by atoms with van der Waals surface area (Å²) in [4.78, 5) is 27.9. The van der Waals surface area contributed by atoms with Gasteiger partial charge in [-0.1, -0.05) is 56.9 Å². The zero-order chi connectivity index (χ0) is 28.1. The number of halogens is 1. The average Bonchev–Trinajstić information content (AvgIpc) is 3.16. The number of hydrogen-bond donors (Lipinski definition) is 2. The molecule has 3 fully saturated rings. The second kappa shape index (κ2) is 9.87. The monoisotopic (exact) mass is 523 g/mol. The molecular weight excluding hydrogens is 481 g/mol. The van der Waals surface area contributed by atoms with Crippen LogP contribution in [-0.4, -0.2) is 58.7 Å². The number of fused-ring (bicyclic) bond motifs is 5. The van der Waals surface area contributed by atoms with Crippen molar-refractivity contribution >= 4 is 11.6 Å². The van der Waals surface area contributed by atoms with Gasteiger partial charge in [-0.25, -0.2) is 4.39 Å². The van der Waals surface area contributed by atoms with Gasteiger partial charge in [-0.3, -0.25) is 9.59 Å². The van der Waals surface area contributed by atoms with Gasteiger partial charge in [0.15, 0.2) is 17.2 Å². The Balaban J connectivity index is 1.80. The van der Waals surface area contributed by atoms with Gasteiger partial charge >= 0.3 is 0 Å². The minimum atomic E-state index is -1.96.